The molecule has 0 amide bonds. The molecule has 2 heterocycles. The van der Waals surface area contributed by atoms with Crippen molar-refractivity contribution >= 4 is 21.8 Å². The fraction of sp³-hybridized carbons (Fsp3) is 0.393. The lowest BCUT2D eigenvalue weighted by atomic mass is 9.81. The molecule has 0 bridgehead atoms. The first kappa shape index (κ1) is 31.1. The third kappa shape index (κ3) is 9.32. The summed E-state index contributed by atoms with van der Waals surface area (Å²) in [5, 5.41) is 2.77. The van der Waals surface area contributed by atoms with E-state index in [1.54, 1.807) is 37.3 Å². The summed E-state index contributed by atoms with van der Waals surface area (Å²) in [6.45, 7) is 2.88. The number of hydrogen-bond acceptors (Lipinski definition) is 8. The average Bonchev–Trinajstić information content (AvgIpc) is 2.92. The second kappa shape index (κ2) is 14.2. The number of sulfonamides is 1. The molecule has 0 aliphatic carbocycles. The molecule has 40 heavy (non-hydrogen) atoms. The first-order valence-electron chi connectivity index (χ1n) is 12.8. The lowest BCUT2D eigenvalue weighted by Gasteiger charge is -2.26. The van der Waals surface area contributed by atoms with Crippen molar-refractivity contribution in [1.29, 1.82) is 0 Å². The maximum Gasteiger partial charge on any atom is 0.345 e. The fourth-order valence-corrected chi connectivity index (χ4v) is 5.11. The second-order valence-corrected chi connectivity index (χ2v) is 11.3. The summed E-state index contributed by atoms with van der Waals surface area (Å²) in [7, 11) is -3.99. The Morgan fingerprint density at radius 3 is 2.45 bits per heavy atom. The monoisotopic (exact) mass is 576 g/mol. The molecule has 0 fully saturated rings. The van der Waals surface area contributed by atoms with E-state index in [2.05, 4.69) is 24.7 Å². The van der Waals surface area contributed by atoms with E-state index >= 15 is 0 Å². The SMILES string of the molecule is CCOC(=O)CNc1cccc(C(Cc2ccc(C(C)(C)CCOC(F)F)cc2)NS(=O)(=O)c2ccccn2)n1. The minimum absolute atomic E-state index is 0.0734. The summed E-state index contributed by atoms with van der Waals surface area (Å²) >= 11 is 0. The maximum absolute atomic E-state index is 13.2. The molecule has 3 rings (SSSR count). The number of ether oxygens (including phenoxy) is 2. The largest absolute Gasteiger partial charge is 0.465 e. The molecule has 12 heteroatoms. The van der Waals surface area contributed by atoms with E-state index in [1.165, 1.54) is 12.3 Å². The lowest BCUT2D eigenvalue weighted by Crippen LogP contribution is -2.31. The van der Waals surface area contributed by atoms with Crippen LogP contribution in [0.5, 0.6) is 0 Å². The Hall–Kier alpha value is -3.48. The van der Waals surface area contributed by atoms with Gasteiger partial charge in [0.2, 0.25) is 0 Å². The highest BCUT2D eigenvalue weighted by Crippen LogP contribution is 2.29. The first-order valence-corrected chi connectivity index (χ1v) is 14.3. The molecule has 1 aromatic carbocycles. The Balaban J connectivity index is 1.84. The zero-order chi connectivity index (χ0) is 29.2. The van der Waals surface area contributed by atoms with E-state index in [-0.39, 0.29) is 31.2 Å². The van der Waals surface area contributed by atoms with Gasteiger partial charge in [-0.2, -0.15) is 8.78 Å². The van der Waals surface area contributed by atoms with Crippen LogP contribution >= 0.6 is 0 Å². The lowest BCUT2D eigenvalue weighted by molar-refractivity contribution is -0.141. The summed E-state index contributed by atoms with van der Waals surface area (Å²) in [4.78, 5) is 20.3. The highest BCUT2D eigenvalue weighted by Gasteiger charge is 2.25. The van der Waals surface area contributed by atoms with Gasteiger partial charge in [0, 0.05) is 6.20 Å². The Morgan fingerprint density at radius 1 is 1.05 bits per heavy atom. The van der Waals surface area contributed by atoms with Crippen LogP contribution in [-0.2, 0) is 36.1 Å². The number of halogens is 2. The third-order valence-corrected chi connectivity index (χ3v) is 7.59. The molecule has 9 nitrogen and oxygen atoms in total. The number of carbonyl (C=O) groups excluding carboxylic acids is 1. The number of hydrogen-bond donors (Lipinski definition) is 2. The predicted molar refractivity (Wildman–Crippen MR) is 146 cm³/mol. The number of pyridine rings is 2. The number of aromatic nitrogens is 2. The fourth-order valence-electron chi connectivity index (χ4n) is 3.95. The van der Waals surface area contributed by atoms with E-state index in [0.29, 0.717) is 17.9 Å². The number of esters is 1. The quantitative estimate of drug-likeness (QED) is 0.252. The minimum atomic E-state index is -3.99. The van der Waals surface area contributed by atoms with Gasteiger partial charge in [0.25, 0.3) is 10.0 Å². The molecular weight excluding hydrogens is 542 g/mol. The van der Waals surface area contributed by atoms with Crippen LogP contribution in [-0.4, -0.2) is 50.7 Å². The predicted octanol–water partition coefficient (Wildman–Crippen LogP) is 4.62. The topological polar surface area (TPSA) is 120 Å². The van der Waals surface area contributed by atoms with Crippen molar-refractivity contribution in [2.75, 3.05) is 25.1 Å². The Kier molecular flexibility index (Phi) is 11.1. The summed E-state index contributed by atoms with van der Waals surface area (Å²) < 4.78 is 63.2. The maximum atomic E-state index is 13.2. The Morgan fingerprint density at radius 2 is 1.80 bits per heavy atom. The molecule has 1 atom stereocenters. The van der Waals surface area contributed by atoms with Crippen molar-refractivity contribution in [1.82, 2.24) is 14.7 Å². The van der Waals surface area contributed by atoms with Crippen LogP contribution in [0.1, 0.15) is 50.1 Å². The minimum Gasteiger partial charge on any atom is -0.465 e. The van der Waals surface area contributed by atoms with Crippen molar-refractivity contribution in [2.45, 2.75) is 56.7 Å². The van der Waals surface area contributed by atoms with Gasteiger partial charge in [0.05, 0.1) is 24.9 Å². The molecule has 1 unspecified atom stereocenters. The zero-order valence-corrected chi connectivity index (χ0v) is 23.5. The zero-order valence-electron chi connectivity index (χ0n) is 22.6. The smallest absolute Gasteiger partial charge is 0.345 e. The summed E-state index contributed by atoms with van der Waals surface area (Å²) in [5.41, 5.74) is 1.78. The molecule has 0 aliphatic rings. The number of rotatable bonds is 15. The second-order valence-electron chi connectivity index (χ2n) is 9.61. The van der Waals surface area contributed by atoms with E-state index in [9.17, 15) is 22.0 Å². The summed E-state index contributed by atoms with van der Waals surface area (Å²) in [5.74, 6) is -0.0541. The van der Waals surface area contributed by atoms with Gasteiger partial charge >= 0.3 is 12.6 Å². The normalized spacial score (nSPS) is 12.8. The molecule has 0 saturated heterocycles. The number of anilines is 1. The van der Waals surface area contributed by atoms with Gasteiger partial charge in [-0.05, 0) is 60.6 Å². The van der Waals surface area contributed by atoms with Gasteiger partial charge in [-0.25, -0.2) is 23.1 Å². The van der Waals surface area contributed by atoms with Crippen molar-refractivity contribution < 1.29 is 31.5 Å². The molecule has 0 radical (unpaired) electrons. The van der Waals surface area contributed by atoms with Crippen LogP contribution in [0.15, 0.2) is 71.9 Å². The molecule has 0 spiro atoms. The van der Waals surface area contributed by atoms with E-state index in [4.69, 9.17) is 4.74 Å². The number of nitrogens with zero attached hydrogens (tertiary/aromatic N) is 2. The van der Waals surface area contributed by atoms with Crippen molar-refractivity contribution in [2.24, 2.45) is 0 Å². The van der Waals surface area contributed by atoms with Gasteiger partial charge in [-0.15, -0.1) is 0 Å². The Labute approximate surface area is 233 Å². The van der Waals surface area contributed by atoms with Crippen LogP contribution < -0.4 is 10.0 Å². The number of alkyl halides is 2. The van der Waals surface area contributed by atoms with Crippen LogP contribution in [0, 0.1) is 0 Å². The first-order chi connectivity index (χ1) is 19.0. The van der Waals surface area contributed by atoms with Gasteiger partial charge < -0.3 is 14.8 Å². The van der Waals surface area contributed by atoms with Crippen LogP contribution in [0.4, 0.5) is 14.6 Å². The number of carbonyl (C=O) groups is 1. The molecule has 216 valence electrons. The van der Waals surface area contributed by atoms with Crippen LogP contribution in [0.2, 0.25) is 0 Å². The summed E-state index contributed by atoms with van der Waals surface area (Å²) in [6.07, 6.45) is 2.06. The van der Waals surface area contributed by atoms with Gasteiger partial charge in [-0.3, -0.25) is 4.79 Å². The van der Waals surface area contributed by atoms with Gasteiger partial charge in [0.15, 0.2) is 5.03 Å². The molecule has 2 N–H and O–H groups in total. The number of nitrogens with one attached hydrogen (secondary N) is 2. The Bertz CT molecular complexity index is 1340. The van der Waals surface area contributed by atoms with Crippen molar-refractivity contribution in [3.63, 3.8) is 0 Å². The van der Waals surface area contributed by atoms with Gasteiger partial charge in [0.1, 0.15) is 12.4 Å². The third-order valence-electron chi connectivity index (χ3n) is 6.20. The van der Waals surface area contributed by atoms with Crippen molar-refractivity contribution in [3.05, 3.63) is 83.7 Å². The van der Waals surface area contributed by atoms with E-state index in [0.717, 1.165) is 11.1 Å². The summed E-state index contributed by atoms with van der Waals surface area (Å²) in [6, 6.07) is 16.5. The molecule has 3 aromatic rings. The highest BCUT2D eigenvalue weighted by molar-refractivity contribution is 7.89. The standard InChI is InChI=1S/C28H34F2N4O5S/c1-4-38-26(35)19-32-24-9-7-8-22(33-24)23(34-40(36,37)25-10-5-6-16-31-25)18-20-11-13-21(14-12-20)28(2,3)15-17-39-27(29)30/h5-14,16,23,27,34H,4,15,17-19H2,1-3H3,(H,32,33). The molecule has 0 aliphatic heterocycles. The van der Waals surface area contributed by atoms with E-state index in [1.807, 2.05) is 38.1 Å². The average molecular weight is 577 g/mol. The van der Waals surface area contributed by atoms with E-state index < -0.39 is 34.1 Å². The highest BCUT2D eigenvalue weighted by atomic mass is 32.2. The number of benzene rings is 1. The molecular formula is C28H34F2N4O5S. The van der Waals surface area contributed by atoms with Crippen molar-refractivity contribution in [3.8, 4) is 0 Å². The van der Waals surface area contributed by atoms with Crippen LogP contribution in [0.25, 0.3) is 0 Å². The van der Waals surface area contributed by atoms with Gasteiger partial charge in [-0.1, -0.05) is 50.2 Å². The molecule has 2 aromatic heterocycles. The molecule has 0 saturated carbocycles. The van der Waals surface area contributed by atoms with Crippen LogP contribution in [0.3, 0.4) is 0 Å².